The minimum Gasteiger partial charge on any atom is -0.481 e. The number of amides is 1. The molecule has 1 saturated heterocycles. The summed E-state index contributed by atoms with van der Waals surface area (Å²) >= 11 is 0. The molecule has 9 heteroatoms. The highest BCUT2D eigenvalue weighted by Crippen LogP contribution is 2.38. The smallest absolute Gasteiger partial charge is 0.311 e. The van der Waals surface area contributed by atoms with Crippen LogP contribution in [0.2, 0.25) is 0 Å². The van der Waals surface area contributed by atoms with Crippen LogP contribution in [0, 0.1) is 21.4 Å². The van der Waals surface area contributed by atoms with E-state index in [-0.39, 0.29) is 37.0 Å². The number of carboxylic acid groups (broad SMARTS) is 1. The fourth-order valence-corrected chi connectivity index (χ4v) is 2.88. The standard InChI is InChI=1S/C14H20N4O5/c1-10(2)14(13(20)21)4-6-16(9-14)12(19)3-5-17-8-11(7-15-17)18(22)23/h7-8,10H,3-6,9H2,1-2H3,(H,20,21). The first kappa shape index (κ1) is 16.9. The minimum absolute atomic E-state index is 0.0634. The molecule has 0 aromatic carbocycles. The van der Waals surface area contributed by atoms with E-state index >= 15 is 0 Å². The Balaban J connectivity index is 1.94. The normalized spacial score (nSPS) is 20.9. The van der Waals surface area contributed by atoms with Crippen LogP contribution in [0.1, 0.15) is 26.7 Å². The van der Waals surface area contributed by atoms with Gasteiger partial charge in [0.15, 0.2) is 0 Å². The molecule has 0 aliphatic carbocycles. The predicted octanol–water partition coefficient (Wildman–Crippen LogP) is 1.14. The maximum absolute atomic E-state index is 12.3. The number of nitro groups is 1. The van der Waals surface area contributed by atoms with E-state index in [0.29, 0.717) is 13.0 Å². The number of carboxylic acids is 1. The molecule has 1 N–H and O–H groups in total. The number of aromatic nitrogens is 2. The van der Waals surface area contributed by atoms with Crippen LogP contribution >= 0.6 is 0 Å². The maximum Gasteiger partial charge on any atom is 0.311 e. The Morgan fingerprint density at radius 2 is 2.22 bits per heavy atom. The van der Waals surface area contributed by atoms with Gasteiger partial charge in [-0.05, 0) is 12.3 Å². The lowest BCUT2D eigenvalue weighted by Crippen LogP contribution is -2.40. The van der Waals surface area contributed by atoms with Gasteiger partial charge in [0.2, 0.25) is 5.91 Å². The van der Waals surface area contributed by atoms with Gasteiger partial charge in [-0.1, -0.05) is 13.8 Å². The van der Waals surface area contributed by atoms with Crippen LogP contribution in [-0.4, -0.2) is 49.7 Å². The highest BCUT2D eigenvalue weighted by Gasteiger charge is 2.48. The summed E-state index contributed by atoms with van der Waals surface area (Å²) in [7, 11) is 0. The van der Waals surface area contributed by atoms with Gasteiger partial charge in [0.25, 0.3) is 0 Å². The number of rotatable bonds is 6. The molecule has 2 heterocycles. The summed E-state index contributed by atoms with van der Waals surface area (Å²) in [5, 5.41) is 23.9. The van der Waals surface area contributed by atoms with Crippen LogP contribution in [0.3, 0.4) is 0 Å². The molecule has 1 fully saturated rings. The molecule has 23 heavy (non-hydrogen) atoms. The van der Waals surface area contributed by atoms with Crippen LogP contribution < -0.4 is 0 Å². The zero-order valence-electron chi connectivity index (χ0n) is 13.1. The molecule has 0 spiro atoms. The zero-order chi connectivity index (χ0) is 17.2. The van der Waals surface area contributed by atoms with Crippen molar-refractivity contribution >= 4 is 17.6 Å². The molecule has 126 valence electrons. The van der Waals surface area contributed by atoms with E-state index < -0.39 is 16.3 Å². The lowest BCUT2D eigenvalue weighted by Gasteiger charge is -2.28. The van der Waals surface area contributed by atoms with Gasteiger partial charge >= 0.3 is 11.7 Å². The van der Waals surface area contributed by atoms with Crippen molar-refractivity contribution in [1.29, 1.82) is 0 Å². The first-order valence-electron chi connectivity index (χ1n) is 7.44. The second-order valence-corrected chi connectivity index (χ2v) is 6.15. The number of carbonyl (C=O) groups is 2. The number of aryl methyl sites for hydroxylation is 1. The second kappa shape index (κ2) is 6.35. The SMILES string of the molecule is CC(C)C1(C(=O)O)CCN(C(=O)CCn2cc([N+](=O)[O-])cn2)C1. The van der Waals surface area contributed by atoms with Crippen molar-refractivity contribution in [3.63, 3.8) is 0 Å². The Bertz CT molecular complexity index is 626. The highest BCUT2D eigenvalue weighted by molar-refractivity contribution is 5.80. The van der Waals surface area contributed by atoms with E-state index in [4.69, 9.17) is 0 Å². The van der Waals surface area contributed by atoms with Crippen LogP contribution in [-0.2, 0) is 16.1 Å². The third-order valence-electron chi connectivity index (χ3n) is 4.57. The fourth-order valence-electron chi connectivity index (χ4n) is 2.88. The summed E-state index contributed by atoms with van der Waals surface area (Å²) in [6.45, 7) is 4.56. The van der Waals surface area contributed by atoms with Crippen LogP contribution in [0.5, 0.6) is 0 Å². The molecular weight excluding hydrogens is 304 g/mol. The van der Waals surface area contributed by atoms with Gasteiger partial charge < -0.3 is 10.0 Å². The first-order chi connectivity index (χ1) is 10.8. The Morgan fingerprint density at radius 1 is 1.52 bits per heavy atom. The van der Waals surface area contributed by atoms with Crippen molar-refractivity contribution in [3.8, 4) is 0 Å². The topological polar surface area (TPSA) is 119 Å². The van der Waals surface area contributed by atoms with E-state index in [9.17, 15) is 24.8 Å². The van der Waals surface area contributed by atoms with Gasteiger partial charge in [0.05, 0.1) is 10.3 Å². The summed E-state index contributed by atoms with van der Waals surface area (Å²) in [5.74, 6) is -1.09. The van der Waals surface area contributed by atoms with Gasteiger partial charge in [-0.2, -0.15) is 5.10 Å². The van der Waals surface area contributed by atoms with Gasteiger partial charge in [0.1, 0.15) is 12.4 Å². The number of aliphatic carboxylic acids is 1. The minimum atomic E-state index is -0.889. The van der Waals surface area contributed by atoms with E-state index in [1.165, 1.54) is 10.9 Å². The third-order valence-corrected chi connectivity index (χ3v) is 4.57. The highest BCUT2D eigenvalue weighted by atomic mass is 16.6. The summed E-state index contributed by atoms with van der Waals surface area (Å²) in [5.41, 5.74) is -1.01. The molecule has 1 aromatic heterocycles. The lowest BCUT2D eigenvalue weighted by molar-refractivity contribution is -0.385. The quantitative estimate of drug-likeness (QED) is 0.619. The average molecular weight is 324 g/mol. The monoisotopic (exact) mass is 324 g/mol. The average Bonchev–Trinajstić information content (AvgIpc) is 3.12. The summed E-state index contributed by atoms with van der Waals surface area (Å²) in [6.07, 6.45) is 2.98. The summed E-state index contributed by atoms with van der Waals surface area (Å²) in [4.78, 5) is 35.4. The number of hydrogen-bond acceptors (Lipinski definition) is 5. The van der Waals surface area contributed by atoms with Crippen LogP contribution in [0.15, 0.2) is 12.4 Å². The van der Waals surface area contributed by atoms with Gasteiger partial charge in [-0.3, -0.25) is 24.4 Å². The molecule has 1 amide bonds. The van der Waals surface area contributed by atoms with Crippen molar-refractivity contribution in [3.05, 3.63) is 22.5 Å². The Labute approximate surface area is 133 Å². The Kier molecular flexibility index (Phi) is 4.67. The molecule has 0 bridgehead atoms. The maximum atomic E-state index is 12.3. The van der Waals surface area contributed by atoms with E-state index in [0.717, 1.165) is 6.20 Å². The molecule has 1 unspecified atom stereocenters. The molecular formula is C14H20N4O5. The van der Waals surface area contributed by atoms with Crippen molar-refractivity contribution in [2.75, 3.05) is 13.1 Å². The van der Waals surface area contributed by atoms with Crippen molar-refractivity contribution in [1.82, 2.24) is 14.7 Å². The third kappa shape index (κ3) is 3.33. The molecule has 1 atom stereocenters. The molecule has 0 saturated carbocycles. The van der Waals surface area contributed by atoms with E-state index in [1.54, 1.807) is 4.90 Å². The molecule has 1 aromatic rings. The zero-order valence-corrected chi connectivity index (χ0v) is 13.1. The van der Waals surface area contributed by atoms with Crippen molar-refractivity contribution < 1.29 is 19.6 Å². The fraction of sp³-hybridized carbons (Fsp3) is 0.643. The van der Waals surface area contributed by atoms with Crippen molar-refractivity contribution in [2.45, 2.75) is 33.2 Å². The Morgan fingerprint density at radius 3 is 2.70 bits per heavy atom. The summed E-state index contributed by atoms with van der Waals surface area (Å²) in [6, 6.07) is 0. The number of hydrogen-bond donors (Lipinski definition) is 1. The van der Waals surface area contributed by atoms with Crippen molar-refractivity contribution in [2.24, 2.45) is 11.3 Å². The summed E-state index contributed by atoms with van der Waals surface area (Å²) < 4.78 is 1.35. The molecule has 0 radical (unpaired) electrons. The number of nitrogens with zero attached hydrogens (tertiary/aromatic N) is 4. The van der Waals surface area contributed by atoms with Gasteiger partial charge in [-0.15, -0.1) is 0 Å². The van der Waals surface area contributed by atoms with Crippen LogP contribution in [0.25, 0.3) is 0 Å². The largest absolute Gasteiger partial charge is 0.481 e. The number of likely N-dealkylation sites (tertiary alicyclic amines) is 1. The van der Waals surface area contributed by atoms with E-state index in [2.05, 4.69) is 5.10 Å². The number of carbonyl (C=O) groups excluding carboxylic acids is 1. The molecule has 1 aliphatic heterocycles. The second-order valence-electron chi connectivity index (χ2n) is 6.15. The van der Waals surface area contributed by atoms with E-state index in [1.807, 2.05) is 13.8 Å². The van der Waals surface area contributed by atoms with Gasteiger partial charge in [-0.25, -0.2) is 0 Å². The molecule has 2 rings (SSSR count). The van der Waals surface area contributed by atoms with Crippen LogP contribution in [0.4, 0.5) is 5.69 Å². The Hall–Kier alpha value is -2.45. The first-order valence-corrected chi connectivity index (χ1v) is 7.44. The molecule has 9 nitrogen and oxygen atoms in total. The molecule has 1 aliphatic rings. The van der Waals surface area contributed by atoms with Gasteiger partial charge in [0, 0.05) is 26.1 Å². The predicted molar refractivity (Wildman–Crippen MR) is 79.6 cm³/mol. The lowest BCUT2D eigenvalue weighted by atomic mass is 9.76.